The van der Waals surface area contributed by atoms with Gasteiger partial charge in [-0.1, -0.05) is 12.1 Å². The maximum atomic E-state index is 12.1. The SMILES string of the molecule is CC(C)OC(=O)CCCNc1n[n+]([O-])c2ccccc2[n+]1[O-]. The highest BCUT2D eigenvalue weighted by molar-refractivity contribution is 5.69. The van der Waals surface area contributed by atoms with E-state index in [-0.39, 0.29) is 35.5 Å². The molecule has 0 unspecified atom stereocenters. The van der Waals surface area contributed by atoms with Crippen molar-refractivity contribution in [1.82, 2.24) is 5.10 Å². The Balaban J connectivity index is 1.98. The molecule has 1 N–H and O–H groups in total. The number of rotatable bonds is 6. The Morgan fingerprint density at radius 2 is 2.00 bits per heavy atom. The van der Waals surface area contributed by atoms with Gasteiger partial charge in [-0.15, -0.1) is 0 Å². The minimum Gasteiger partial charge on any atom is -0.739 e. The summed E-state index contributed by atoms with van der Waals surface area (Å²) in [6, 6.07) is 6.40. The quantitative estimate of drug-likeness (QED) is 0.363. The van der Waals surface area contributed by atoms with E-state index in [0.717, 1.165) is 0 Å². The molecule has 0 saturated carbocycles. The van der Waals surface area contributed by atoms with Gasteiger partial charge < -0.3 is 15.2 Å². The van der Waals surface area contributed by atoms with Crippen LogP contribution in [0.3, 0.4) is 0 Å². The van der Waals surface area contributed by atoms with Gasteiger partial charge in [0.15, 0.2) is 5.52 Å². The number of fused-ring (bicyclic) bond motifs is 1. The number of hydrogen-bond acceptors (Lipinski definition) is 6. The fraction of sp³-hybridized carbons (Fsp3) is 0.429. The standard InChI is InChI=1S/C14H18N4O4/c1-10(2)22-13(19)8-5-9-15-14-16-18(21)12-7-4-3-6-11(12)17(14)20/h3-4,6-7,10H,5,8-9H2,1-2H3,(H,15,16). The van der Waals surface area contributed by atoms with Gasteiger partial charge in [-0.25, -0.2) is 4.73 Å². The van der Waals surface area contributed by atoms with Gasteiger partial charge >= 0.3 is 11.9 Å². The first-order chi connectivity index (χ1) is 10.5. The molecule has 0 bridgehead atoms. The fourth-order valence-electron chi connectivity index (χ4n) is 1.95. The van der Waals surface area contributed by atoms with Gasteiger partial charge in [0.25, 0.3) is 5.52 Å². The number of aromatic nitrogens is 3. The minimum absolute atomic E-state index is 0.0917. The lowest BCUT2D eigenvalue weighted by Crippen LogP contribution is -2.44. The fourth-order valence-corrected chi connectivity index (χ4v) is 1.95. The van der Waals surface area contributed by atoms with E-state index in [2.05, 4.69) is 10.4 Å². The zero-order valence-electron chi connectivity index (χ0n) is 12.5. The van der Waals surface area contributed by atoms with Crippen LogP contribution in [-0.2, 0) is 9.53 Å². The normalized spacial score (nSPS) is 10.9. The molecule has 0 atom stereocenters. The Bertz CT molecular complexity index is 675. The Kier molecular flexibility index (Phi) is 4.92. The molecule has 0 spiro atoms. The molecule has 0 amide bonds. The molecule has 1 aromatic heterocycles. The second-order valence-electron chi connectivity index (χ2n) is 5.05. The molecule has 0 fully saturated rings. The summed E-state index contributed by atoms with van der Waals surface area (Å²) in [5.41, 5.74) is 0.428. The monoisotopic (exact) mass is 306 g/mol. The number of nitrogens with zero attached hydrogens (tertiary/aromatic N) is 3. The molecule has 1 heterocycles. The third-order valence-electron chi connectivity index (χ3n) is 2.89. The molecule has 8 heteroatoms. The van der Waals surface area contributed by atoms with Crippen LogP contribution in [0.4, 0.5) is 5.95 Å². The van der Waals surface area contributed by atoms with Crippen LogP contribution in [0.1, 0.15) is 26.7 Å². The third-order valence-corrected chi connectivity index (χ3v) is 2.89. The predicted molar refractivity (Wildman–Crippen MR) is 78.6 cm³/mol. The minimum atomic E-state index is -0.294. The highest BCUT2D eigenvalue weighted by Gasteiger charge is 2.19. The van der Waals surface area contributed by atoms with Crippen molar-refractivity contribution in [3.05, 3.63) is 34.7 Å². The van der Waals surface area contributed by atoms with Gasteiger partial charge in [0.05, 0.1) is 12.6 Å². The van der Waals surface area contributed by atoms with Crippen LogP contribution >= 0.6 is 0 Å². The van der Waals surface area contributed by atoms with E-state index in [1.807, 2.05) is 0 Å². The van der Waals surface area contributed by atoms with Crippen LogP contribution in [0.25, 0.3) is 11.0 Å². The van der Waals surface area contributed by atoms with E-state index in [1.165, 1.54) is 6.07 Å². The maximum absolute atomic E-state index is 12.1. The molecule has 0 aliphatic carbocycles. The number of esters is 1. The van der Waals surface area contributed by atoms with Gasteiger partial charge in [-0.2, -0.15) is 0 Å². The molecular weight excluding hydrogens is 288 g/mol. The molecule has 1 aromatic carbocycles. The molecule has 22 heavy (non-hydrogen) atoms. The van der Waals surface area contributed by atoms with Crippen LogP contribution in [-0.4, -0.2) is 23.7 Å². The highest BCUT2D eigenvalue weighted by Crippen LogP contribution is 2.05. The van der Waals surface area contributed by atoms with Crippen molar-refractivity contribution in [3.8, 4) is 0 Å². The molecule has 0 aliphatic rings. The number of ether oxygens (including phenoxy) is 1. The molecule has 0 saturated heterocycles. The van der Waals surface area contributed by atoms with Crippen molar-refractivity contribution in [2.75, 3.05) is 11.9 Å². The van der Waals surface area contributed by atoms with Crippen LogP contribution in [0.5, 0.6) is 0 Å². The van der Waals surface area contributed by atoms with Crippen molar-refractivity contribution in [2.45, 2.75) is 32.8 Å². The van der Waals surface area contributed by atoms with E-state index in [1.54, 1.807) is 32.0 Å². The van der Waals surface area contributed by atoms with Crippen LogP contribution in [0, 0.1) is 10.4 Å². The second-order valence-corrected chi connectivity index (χ2v) is 5.05. The van der Waals surface area contributed by atoms with Gasteiger partial charge in [-0.05, 0) is 26.3 Å². The van der Waals surface area contributed by atoms with E-state index < -0.39 is 0 Å². The first-order valence-corrected chi connectivity index (χ1v) is 7.04. The maximum Gasteiger partial charge on any atom is 0.460 e. The Morgan fingerprint density at radius 3 is 2.68 bits per heavy atom. The van der Waals surface area contributed by atoms with Gasteiger partial charge in [0.1, 0.15) is 0 Å². The lowest BCUT2D eigenvalue weighted by molar-refractivity contribution is -0.672. The highest BCUT2D eigenvalue weighted by atomic mass is 16.5. The third kappa shape index (κ3) is 3.72. The molecule has 8 nitrogen and oxygen atoms in total. The van der Waals surface area contributed by atoms with Crippen LogP contribution in [0.2, 0.25) is 0 Å². The summed E-state index contributed by atoms with van der Waals surface area (Å²) in [7, 11) is 0. The van der Waals surface area contributed by atoms with E-state index in [4.69, 9.17) is 4.74 Å². The van der Waals surface area contributed by atoms with Crippen molar-refractivity contribution < 1.29 is 19.1 Å². The number of carbonyl (C=O) groups is 1. The average molecular weight is 306 g/mol. The van der Waals surface area contributed by atoms with Crippen molar-refractivity contribution in [1.29, 1.82) is 0 Å². The van der Waals surface area contributed by atoms with E-state index in [9.17, 15) is 15.2 Å². The number of para-hydroxylation sites is 2. The summed E-state index contributed by atoms with van der Waals surface area (Å²) >= 11 is 0. The lowest BCUT2D eigenvalue weighted by Gasteiger charge is -2.10. The van der Waals surface area contributed by atoms with Crippen molar-refractivity contribution >= 4 is 23.0 Å². The van der Waals surface area contributed by atoms with Crippen LogP contribution < -0.4 is 14.9 Å². The number of anilines is 1. The number of benzene rings is 1. The molecule has 2 rings (SSSR count). The van der Waals surface area contributed by atoms with Gasteiger partial charge in [-0.3, -0.25) is 10.1 Å². The summed E-state index contributed by atoms with van der Waals surface area (Å²) in [6.45, 7) is 3.89. The summed E-state index contributed by atoms with van der Waals surface area (Å²) in [5, 5.41) is 30.3. The van der Waals surface area contributed by atoms with Crippen molar-refractivity contribution in [2.24, 2.45) is 0 Å². The van der Waals surface area contributed by atoms with Gasteiger partial charge in [0, 0.05) is 17.3 Å². The summed E-state index contributed by atoms with van der Waals surface area (Å²) < 4.78 is 5.57. The predicted octanol–water partition coefficient (Wildman–Crippen LogP) is 0.645. The first kappa shape index (κ1) is 15.7. The molecule has 2 aromatic rings. The topological polar surface area (TPSA) is 105 Å². The summed E-state index contributed by atoms with van der Waals surface area (Å²) in [4.78, 5) is 11.8. The number of carbonyl (C=O) groups excluding carboxylic acids is 1. The first-order valence-electron chi connectivity index (χ1n) is 7.04. The Labute approximate surface area is 127 Å². The van der Waals surface area contributed by atoms with Crippen LogP contribution in [0.15, 0.2) is 24.3 Å². The van der Waals surface area contributed by atoms with E-state index >= 15 is 0 Å². The lowest BCUT2D eigenvalue weighted by atomic mass is 10.3. The summed E-state index contributed by atoms with van der Waals surface area (Å²) in [6.07, 6.45) is 0.555. The summed E-state index contributed by atoms with van der Waals surface area (Å²) in [5.74, 6) is -0.386. The zero-order chi connectivity index (χ0) is 16.1. The molecular formula is C14H18N4O4. The van der Waals surface area contributed by atoms with E-state index in [0.29, 0.717) is 22.5 Å². The molecule has 118 valence electrons. The Morgan fingerprint density at radius 1 is 1.32 bits per heavy atom. The zero-order valence-corrected chi connectivity index (χ0v) is 12.5. The second kappa shape index (κ2) is 6.88. The largest absolute Gasteiger partial charge is 0.739 e. The molecule has 0 radical (unpaired) electrons. The number of nitrogens with one attached hydrogen (secondary N) is 1. The Hall–Kier alpha value is -2.64. The number of hydrogen-bond donors (Lipinski definition) is 1. The average Bonchev–Trinajstić information content (AvgIpc) is 2.47. The molecule has 0 aliphatic heterocycles. The van der Waals surface area contributed by atoms with Gasteiger partial charge in [0.2, 0.25) is 5.10 Å². The van der Waals surface area contributed by atoms with Crippen molar-refractivity contribution in [3.63, 3.8) is 0 Å². The smallest absolute Gasteiger partial charge is 0.460 e.